The van der Waals surface area contributed by atoms with Gasteiger partial charge in [-0.15, -0.1) is 0 Å². The minimum Gasteiger partial charge on any atom is -0.156 e. The Morgan fingerprint density at radius 1 is 1.33 bits per heavy atom. The van der Waals surface area contributed by atoms with Gasteiger partial charge in [0, 0.05) is 4.75 Å². The van der Waals surface area contributed by atoms with Gasteiger partial charge in [-0.25, -0.2) is 0 Å². The van der Waals surface area contributed by atoms with Crippen LogP contribution in [0, 0.1) is 0 Å². The molecule has 15 heavy (non-hydrogen) atoms. The van der Waals surface area contributed by atoms with Crippen LogP contribution < -0.4 is 0 Å². The molecule has 0 aliphatic carbocycles. The second kappa shape index (κ2) is 7.81. The highest BCUT2D eigenvalue weighted by atomic mass is 32.2. The Labute approximate surface area is 99.5 Å². The van der Waals surface area contributed by atoms with E-state index in [2.05, 4.69) is 46.4 Å². The summed E-state index contributed by atoms with van der Waals surface area (Å²) in [5, 5.41) is 0. The van der Waals surface area contributed by atoms with E-state index in [0.717, 1.165) is 0 Å². The van der Waals surface area contributed by atoms with Gasteiger partial charge in [-0.3, -0.25) is 0 Å². The highest BCUT2D eigenvalue weighted by Crippen LogP contribution is 2.24. The molecule has 0 N–H and O–H groups in total. The molecule has 0 fully saturated rings. The van der Waals surface area contributed by atoms with Crippen molar-refractivity contribution in [3.63, 3.8) is 0 Å². The normalized spacial score (nSPS) is 13.5. The van der Waals surface area contributed by atoms with Crippen molar-refractivity contribution >= 4 is 11.8 Å². The van der Waals surface area contributed by atoms with Crippen molar-refractivity contribution in [3.05, 3.63) is 36.5 Å². The Hall–Kier alpha value is -0.430. The topological polar surface area (TPSA) is 0 Å². The van der Waals surface area contributed by atoms with Crippen LogP contribution in [0.15, 0.2) is 36.5 Å². The summed E-state index contributed by atoms with van der Waals surface area (Å²) in [7, 11) is 0. The van der Waals surface area contributed by atoms with Crippen LogP contribution in [-0.4, -0.2) is 10.5 Å². The molecule has 0 unspecified atom stereocenters. The van der Waals surface area contributed by atoms with Gasteiger partial charge in [0.15, 0.2) is 0 Å². The van der Waals surface area contributed by atoms with Crippen LogP contribution in [0.2, 0.25) is 0 Å². The number of allylic oxidation sites excluding steroid dienone is 5. The first kappa shape index (κ1) is 14.6. The SMILES string of the molecule is C=C/C=C\C(=C/C)CCCSC(C)(C)C. The predicted octanol–water partition coefficient (Wildman–Crippen LogP) is 4.99. The van der Waals surface area contributed by atoms with Crippen LogP contribution in [0.4, 0.5) is 0 Å². The third-order valence-electron chi connectivity index (χ3n) is 1.96. The van der Waals surface area contributed by atoms with E-state index in [0.29, 0.717) is 4.75 Å². The van der Waals surface area contributed by atoms with E-state index >= 15 is 0 Å². The molecule has 0 heterocycles. The molecule has 0 aromatic heterocycles. The van der Waals surface area contributed by atoms with E-state index < -0.39 is 0 Å². The molecule has 0 radical (unpaired) electrons. The Balaban J connectivity index is 3.75. The fourth-order valence-electron chi connectivity index (χ4n) is 1.17. The molecule has 0 aliphatic heterocycles. The zero-order valence-corrected chi connectivity index (χ0v) is 11.4. The summed E-state index contributed by atoms with van der Waals surface area (Å²) < 4.78 is 0.396. The average molecular weight is 224 g/mol. The summed E-state index contributed by atoms with van der Waals surface area (Å²) in [4.78, 5) is 0. The maximum absolute atomic E-state index is 3.68. The lowest BCUT2D eigenvalue weighted by molar-refractivity contribution is 0.797. The number of rotatable bonds is 6. The fourth-order valence-corrected chi connectivity index (χ4v) is 2.07. The van der Waals surface area contributed by atoms with Gasteiger partial charge in [0.1, 0.15) is 0 Å². The van der Waals surface area contributed by atoms with Crippen molar-refractivity contribution in [2.75, 3.05) is 5.75 Å². The third kappa shape index (κ3) is 9.86. The zero-order valence-electron chi connectivity index (χ0n) is 10.5. The second-order valence-electron chi connectivity index (χ2n) is 4.52. The molecule has 0 saturated heterocycles. The van der Waals surface area contributed by atoms with Crippen molar-refractivity contribution in [2.45, 2.75) is 45.3 Å². The molecule has 1 heteroatoms. The lowest BCUT2D eigenvalue weighted by atomic mass is 10.1. The molecule has 0 amide bonds. The van der Waals surface area contributed by atoms with Gasteiger partial charge in [-0.2, -0.15) is 11.8 Å². The van der Waals surface area contributed by atoms with Crippen LogP contribution in [0.1, 0.15) is 40.5 Å². The standard InChI is InChI=1S/C14H24S/c1-6-8-10-13(7-2)11-9-12-15-14(3,4)5/h6-8,10H,1,9,11-12H2,2-5H3/b10-8-,13-7+. The van der Waals surface area contributed by atoms with E-state index in [-0.39, 0.29) is 0 Å². The van der Waals surface area contributed by atoms with Crippen LogP contribution in [0.5, 0.6) is 0 Å². The van der Waals surface area contributed by atoms with E-state index in [1.54, 1.807) is 0 Å². The van der Waals surface area contributed by atoms with Gasteiger partial charge in [0.25, 0.3) is 0 Å². The smallest absolute Gasteiger partial charge is 0.00750 e. The van der Waals surface area contributed by atoms with Crippen LogP contribution in [0.3, 0.4) is 0 Å². The summed E-state index contributed by atoms with van der Waals surface area (Å²) in [6.45, 7) is 12.6. The highest BCUT2D eigenvalue weighted by Gasteiger charge is 2.09. The minimum absolute atomic E-state index is 0.396. The first-order chi connectivity index (χ1) is 6.99. The average Bonchev–Trinajstić information content (AvgIpc) is 2.15. The van der Waals surface area contributed by atoms with E-state index in [4.69, 9.17) is 0 Å². The molecule has 0 rings (SSSR count). The summed E-state index contributed by atoms with van der Waals surface area (Å²) in [5.74, 6) is 1.24. The minimum atomic E-state index is 0.396. The zero-order chi connectivity index (χ0) is 11.7. The molecule has 0 atom stereocenters. The number of hydrogen-bond acceptors (Lipinski definition) is 1. The quantitative estimate of drug-likeness (QED) is 0.452. The molecular formula is C14H24S. The number of thioether (sulfide) groups is 1. The van der Waals surface area contributed by atoms with E-state index in [9.17, 15) is 0 Å². The molecule has 0 nitrogen and oxygen atoms in total. The second-order valence-corrected chi connectivity index (χ2v) is 6.44. The van der Waals surface area contributed by atoms with Gasteiger partial charge in [0.05, 0.1) is 0 Å². The molecule has 0 bridgehead atoms. The summed E-state index contributed by atoms with van der Waals surface area (Å²) in [5.41, 5.74) is 1.41. The Kier molecular flexibility index (Phi) is 7.59. The fraction of sp³-hybridized carbons (Fsp3) is 0.571. The summed E-state index contributed by atoms with van der Waals surface area (Å²) in [6, 6.07) is 0. The Morgan fingerprint density at radius 3 is 2.47 bits per heavy atom. The third-order valence-corrected chi connectivity index (χ3v) is 3.32. The number of hydrogen-bond donors (Lipinski definition) is 0. The monoisotopic (exact) mass is 224 g/mol. The first-order valence-electron chi connectivity index (χ1n) is 5.58. The largest absolute Gasteiger partial charge is 0.156 e. The molecular weight excluding hydrogens is 200 g/mol. The molecule has 86 valence electrons. The molecule has 0 aliphatic rings. The molecule has 0 spiro atoms. The van der Waals surface area contributed by atoms with Crippen molar-refractivity contribution in [2.24, 2.45) is 0 Å². The first-order valence-corrected chi connectivity index (χ1v) is 6.56. The summed E-state index contributed by atoms with van der Waals surface area (Å²) >= 11 is 2.04. The van der Waals surface area contributed by atoms with Gasteiger partial charge in [-0.05, 0) is 25.5 Å². The molecule has 0 saturated carbocycles. The van der Waals surface area contributed by atoms with E-state index in [1.807, 2.05) is 23.9 Å². The van der Waals surface area contributed by atoms with Crippen LogP contribution in [0.25, 0.3) is 0 Å². The van der Waals surface area contributed by atoms with Gasteiger partial charge < -0.3 is 0 Å². The lowest BCUT2D eigenvalue weighted by Gasteiger charge is -2.17. The molecule has 0 aromatic carbocycles. The summed E-state index contributed by atoms with van der Waals surface area (Å²) in [6.07, 6.45) is 10.6. The molecule has 0 aromatic rings. The Bertz CT molecular complexity index is 228. The lowest BCUT2D eigenvalue weighted by Crippen LogP contribution is -2.08. The van der Waals surface area contributed by atoms with Crippen molar-refractivity contribution in [3.8, 4) is 0 Å². The van der Waals surface area contributed by atoms with Gasteiger partial charge in [0.2, 0.25) is 0 Å². The van der Waals surface area contributed by atoms with Gasteiger partial charge >= 0.3 is 0 Å². The van der Waals surface area contributed by atoms with Crippen molar-refractivity contribution in [1.29, 1.82) is 0 Å². The van der Waals surface area contributed by atoms with Gasteiger partial charge in [-0.1, -0.05) is 57.2 Å². The van der Waals surface area contributed by atoms with Crippen LogP contribution >= 0.6 is 11.8 Å². The maximum atomic E-state index is 3.68. The van der Waals surface area contributed by atoms with E-state index in [1.165, 1.54) is 24.2 Å². The van der Waals surface area contributed by atoms with Crippen molar-refractivity contribution in [1.82, 2.24) is 0 Å². The van der Waals surface area contributed by atoms with Crippen molar-refractivity contribution < 1.29 is 0 Å². The van der Waals surface area contributed by atoms with Crippen LogP contribution in [-0.2, 0) is 0 Å². The highest BCUT2D eigenvalue weighted by molar-refractivity contribution is 8.00. The maximum Gasteiger partial charge on any atom is 0.00750 e. The Morgan fingerprint density at radius 2 is 2.00 bits per heavy atom. The predicted molar refractivity (Wildman–Crippen MR) is 74.5 cm³/mol.